The highest BCUT2D eigenvalue weighted by Crippen LogP contribution is 1.97. The van der Waals surface area contributed by atoms with Gasteiger partial charge in [0.05, 0.1) is 18.6 Å². The lowest BCUT2D eigenvalue weighted by molar-refractivity contribution is -0.492. The van der Waals surface area contributed by atoms with Crippen molar-refractivity contribution in [3.8, 4) is 0 Å². The van der Waals surface area contributed by atoms with Gasteiger partial charge in [-0.1, -0.05) is 0 Å². The molecule has 0 aromatic carbocycles. The van der Waals surface area contributed by atoms with Gasteiger partial charge in [0.25, 0.3) is 0 Å². The van der Waals surface area contributed by atoms with Crippen LogP contribution in [-0.2, 0) is 14.4 Å². The molecule has 10 heteroatoms. The van der Waals surface area contributed by atoms with E-state index in [1.54, 1.807) is 0 Å². The van der Waals surface area contributed by atoms with Gasteiger partial charge in [-0.15, -0.1) is 0 Å². The standard InChI is InChI=1S/C9H21N5O5/c10-7(3-1-4-13-9(11)12)8(15)18-5-2-6-19-14(16)17/h7,16-17H,1-6,10H2,(H4,11,12,13). The van der Waals surface area contributed by atoms with E-state index in [1.807, 2.05) is 0 Å². The Bertz CT molecular complexity index is 276. The largest absolute Gasteiger partial charge is 0.464 e. The minimum Gasteiger partial charge on any atom is -0.464 e. The lowest BCUT2D eigenvalue weighted by Crippen LogP contribution is -2.35. The summed E-state index contributed by atoms with van der Waals surface area (Å²) in [5.41, 5.74) is 10.7. The first-order chi connectivity index (χ1) is 8.93. The predicted molar refractivity (Wildman–Crippen MR) is 64.1 cm³/mol. The van der Waals surface area contributed by atoms with Gasteiger partial charge >= 0.3 is 5.97 Å². The van der Waals surface area contributed by atoms with Crippen LogP contribution in [0.5, 0.6) is 0 Å². The van der Waals surface area contributed by atoms with Crippen molar-refractivity contribution >= 4 is 11.9 Å². The summed E-state index contributed by atoms with van der Waals surface area (Å²) in [6.45, 7) is 0.539. The van der Waals surface area contributed by atoms with Crippen LogP contribution in [0.1, 0.15) is 19.3 Å². The molecule has 0 amide bonds. The molecule has 8 N–H and O–H groups in total. The van der Waals surface area contributed by atoms with Gasteiger partial charge in [-0.25, -0.2) is 0 Å². The fourth-order valence-corrected chi connectivity index (χ4v) is 1.15. The molecular formula is C9H21N5O5. The van der Waals surface area contributed by atoms with Crippen molar-refractivity contribution in [2.24, 2.45) is 11.5 Å². The number of hydrogen-bond donors (Lipinski definition) is 6. The van der Waals surface area contributed by atoms with Crippen LogP contribution in [0.4, 0.5) is 0 Å². The van der Waals surface area contributed by atoms with Gasteiger partial charge in [-0.2, -0.15) is 0 Å². The highest BCUT2D eigenvalue weighted by molar-refractivity contribution is 5.75. The van der Waals surface area contributed by atoms with Crippen molar-refractivity contribution < 1.29 is 24.8 Å². The van der Waals surface area contributed by atoms with Crippen LogP contribution in [0.15, 0.2) is 0 Å². The third kappa shape index (κ3) is 11.4. The molecule has 0 bridgehead atoms. The van der Waals surface area contributed by atoms with Crippen LogP contribution in [0, 0.1) is 5.41 Å². The minimum atomic E-state index is -0.734. The Hall–Kier alpha value is -1.46. The monoisotopic (exact) mass is 279 g/mol. The number of guanidine groups is 1. The average molecular weight is 279 g/mol. The molecular weight excluding hydrogens is 258 g/mol. The fraction of sp³-hybridized carbons (Fsp3) is 0.778. The second-order valence-corrected chi connectivity index (χ2v) is 3.70. The van der Waals surface area contributed by atoms with Crippen molar-refractivity contribution in [2.45, 2.75) is 25.3 Å². The Balaban J connectivity index is 3.51. The number of esters is 1. The SMILES string of the molecule is N=C(N)NCCCC(N)C(=O)OCCCON(O)O. The normalized spacial score (nSPS) is 12.2. The molecule has 0 saturated heterocycles. The Labute approximate surface area is 110 Å². The summed E-state index contributed by atoms with van der Waals surface area (Å²) in [7, 11) is 0. The summed E-state index contributed by atoms with van der Waals surface area (Å²) >= 11 is 0. The minimum absolute atomic E-state index is 0.00193. The molecule has 1 atom stereocenters. The first-order valence-electron chi connectivity index (χ1n) is 5.74. The number of carbonyl (C=O) groups is 1. The Morgan fingerprint density at radius 1 is 1.37 bits per heavy atom. The summed E-state index contributed by atoms with van der Waals surface area (Å²) in [6, 6.07) is -0.734. The second kappa shape index (κ2) is 10.5. The summed E-state index contributed by atoms with van der Waals surface area (Å²) < 4.78 is 4.85. The van der Waals surface area contributed by atoms with Crippen LogP contribution >= 0.6 is 0 Å². The number of carbonyl (C=O) groups excluding carboxylic acids is 1. The predicted octanol–water partition coefficient (Wildman–Crippen LogP) is -1.48. The third-order valence-electron chi connectivity index (χ3n) is 2.05. The van der Waals surface area contributed by atoms with Crippen LogP contribution in [-0.4, -0.2) is 53.5 Å². The van der Waals surface area contributed by atoms with E-state index in [0.717, 1.165) is 0 Å². The summed E-state index contributed by atoms with van der Waals surface area (Å²) in [6.07, 6.45) is 1.31. The van der Waals surface area contributed by atoms with E-state index in [0.29, 0.717) is 25.8 Å². The molecule has 0 aliphatic heterocycles. The molecule has 0 heterocycles. The van der Waals surface area contributed by atoms with Crippen molar-refractivity contribution in [3.63, 3.8) is 0 Å². The molecule has 0 aliphatic carbocycles. The van der Waals surface area contributed by atoms with Crippen LogP contribution < -0.4 is 16.8 Å². The average Bonchev–Trinajstić information content (AvgIpc) is 2.33. The van der Waals surface area contributed by atoms with Crippen LogP contribution in [0.3, 0.4) is 0 Å². The van der Waals surface area contributed by atoms with Crippen molar-refractivity contribution in [2.75, 3.05) is 19.8 Å². The van der Waals surface area contributed by atoms with E-state index >= 15 is 0 Å². The van der Waals surface area contributed by atoms with Crippen molar-refractivity contribution in [1.82, 2.24) is 10.7 Å². The van der Waals surface area contributed by atoms with Crippen LogP contribution in [0.2, 0.25) is 0 Å². The number of nitrogens with two attached hydrogens (primary N) is 2. The van der Waals surface area contributed by atoms with Gasteiger partial charge in [0, 0.05) is 13.0 Å². The molecule has 0 radical (unpaired) electrons. The lowest BCUT2D eigenvalue weighted by Gasteiger charge is -2.12. The molecule has 0 spiro atoms. The number of ether oxygens (including phenoxy) is 1. The lowest BCUT2D eigenvalue weighted by atomic mass is 10.2. The zero-order valence-corrected chi connectivity index (χ0v) is 10.5. The fourth-order valence-electron chi connectivity index (χ4n) is 1.15. The van der Waals surface area contributed by atoms with E-state index in [9.17, 15) is 4.79 Å². The maximum Gasteiger partial charge on any atom is 0.322 e. The molecule has 10 nitrogen and oxygen atoms in total. The topological polar surface area (TPSA) is 167 Å². The van der Waals surface area contributed by atoms with Crippen molar-refractivity contribution in [1.29, 1.82) is 5.41 Å². The molecule has 0 aromatic rings. The van der Waals surface area contributed by atoms with E-state index < -0.39 is 17.4 Å². The quantitative estimate of drug-likeness (QED) is 0.0918. The molecule has 19 heavy (non-hydrogen) atoms. The summed E-state index contributed by atoms with van der Waals surface area (Å²) in [5.74, 6) is -0.661. The Kier molecular flexibility index (Phi) is 9.66. The van der Waals surface area contributed by atoms with Gasteiger partial charge in [-0.05, 0) is 12.8 Å². The summed E-state index contributed by atoms with van der Waals surface area (Å²) in [5, 5.41) is 25.5. The van der Waals surface area contributed by atoms with E-state index in [-0.39, 0.29) is 19.2 Å². The molecule has 112 valence electrons. The first-order valence-corrected chi connectivity index (χ1v) is 5.74. The summed E-state index contributed by atoms with van der Waals surface area (Å²) in [4.78, 5) is 15.7. The molecule has 0 aliphatic rings. The van der Waals surface area contributed by atoms with Crippen LogP contribution in [0.25, 0.3) is 0 Å². The van der Waals surface area contributed by atoms with Gasteiger partial charge in [0.2, 0.25) is 0 Å². The highest BCUT2D eigenvalue weighted by Gasteiger charge is 2.14. The van der Waals surface area contributed by atoms with E-state index in [2.05, 4.69) is 10.2 Å². The molecule has 0 saturated carbocycles. The zero-order valence-electron chi connectivity index (χ0n) is 10.5. The molecule has 0 fully saturated rings. The van der Waals surface area contributed by atoms with Gasteiger partial charge < -0.3 is 21.5 Å². The Morgan fingerprint density at radius 3 is 2.63 bits per heavy atom. The van der Waals surface area contributed by atoms with E-state index in [4.69, 9.17) is 32.0 Å². The second-order valence-electron chi connectivity index (χ2n) is 3.70. The number of rotatable bonds is 10. The van der Waals surface area contributed by atoms with Gasteiger partial charge in [0.15, 0.2) is 5.96 Å². The van der Waals surface area contributed by atoms with Gasteiger partial charge in [-0.3, -0.25) is 25.5 Å². The zero-order chi connectivity index (χ0) is 14.7. The Morgan fingerprint density at radius 2 is 2.05 bits per heavy atom. The smallest absolute Gasteiger partial charge is 0.322 e. The molecule has 0 aromatic heterocycles. The maximum absolute atomic E-state index is 11.4. The molecule has 0 rings (SSSR count). The third-order valence-corrected chi connectivity index (χ3v) is 2.05. The highest BCUT2D eigenvalue weighted by atomic mass is 17.1. The number of nitrogens with zero attached hydrogens (tertiary/aromatic N) is 1. The van der Waals surface area contributed by atoms with Crippen molar-refractivity contribution in [3.05, 3.63) is 0 Å². The number of nitrogens with one attached hydrogen (secondary N) is 2. The first kappa shape index (κ1) is 17.5. The van der Waals surface area contributed by atoms with Gasteiger partial charge in [0.1, 0.15) is 6.04 Å². The molecule has 1 unspecified atom stereocenters. The number of hydrogen-bond acceptors (Lipinski definition) is 8. The maximum atomic E-state index is 11.4. The van der Waals surface area contributed by atoms with E-state index in [1.165, 1.54) is 0 Å².